The highest BCUT2D eigenvalue weighted by Crippen LogP contribution is 2.45. The van der Waals surface area contributed by atoms with Crippen LogP contribution in [0, 0.1) is 107 Å². The number of rotatable bonds is 19. The number of hydrogen-bond acceptors (Lipinski definition) is 0. The van der Waals surface area contributed by atoms with Gasteiger partial charge in [-0.2, -0.15) is 0 Å². The van der Waals surface area contributed by atoms with E-state index < -0.39 is 0 Å². The fraction of sp³-hybridized carbons (Fsp3) is 1.00. The summed E-state index contributed by atoms with van der Waals surface area (Å²) in [5.41, 5.74) is 0. The van der Waals surface area contributed by atoms with Crippen LogP contribution in [0.4, 0.5) is 0 Å². The van der Waals surface area contributed by atoms with Gasteiger partial charge in [-0.3, -0.25) is 0 Å². The molecule has 0 heteroatoms. The Kier molecular flexibility index (Phi) is 18.0. The first-order chi connectivity index (χ1) is 18.3. The highest BCUT2D eigenvalue weighted by Gasteiger charge is 2.38. The Bertz CT molecular complexity index is 594. The molecule has 0 nitrogen and oxygen atoms in total. The zero-order valence-electron chi connectivity index (χ0n) is 31.8. The maximum Gasteiger partial charge on any atom is -0.0386 e. The molecule has 0 amide bonds. The summed E-state index contributed by atoms with van der Waals surface area (Å²) in [4.78, 5) is 0. The standard InChI is InChI=1S/C40H82/c1-21-23(3)25(5)27(7)29(9)31(11)33(13)35(15)37(17)39(19)40(20)38(18)36(16)34(14)32(12)30(10)28(8)26(6)24(4)22-2/h23-40H,21-22H2,1-20H3. The first-order valence-electron chi connectivity index (χ1n) is 18.3. The highest BCUT2D eigenvalue weighted by atomic mass is 14.4. The Balaban J connectivity index is 5.39. The fourth-order valence-corrected chi connectivity index (χ4v) is 8.48. The second-order valence-corrected chi connectivity index (χ2v) is 16.5. The van der Waals surface area contributed by atoms with Gasteiger partial charge in [-0.25, -0.2) is 0 Å². The van der Waals surface area contributed by atoms with Gasteiger partial charge in [-0.05, 0) is 107 Å². The lowest BCUT2D eigenvalue weighted by atomic mass is 9.62. The Hall–Kier alpha value is 0. The van der Waals surface area contributed by atoms with Gasteiger partial charge in [-0.1, -0.05) is 151 Å². The summed E-state index contributed by atoms with van der Waals surface area (Å²) < 4.78 is 0. The highest BCUT2D eigenvalue weighted by molar-refractivity contribution is 4.87. The van der Waals surface area contributed by atoms with Crippen molar-refractivity contribution in [3.05, 3.63) is 0 Å². The summed E-state index contributed by atoms with van der Waals surface area (Å²) in [5.74, 6) is 13.9. The summed E-state index contributed by atoms with van der Waals surface area (Å²) >= 11 is 0. The minimum atomic E-state index is 0.748. The number of hydrogen-bond donors (Lipinski definition) is 0. The second kappa shape index (κ2) is 18.0. The van der Waals surface area contributed by atoms with Gasteiger partial charge in [0.2, 0.25) is 0 Å². The lowest BCUT2D eigenvalue weighted by Crippen LogP contribution is -2.37. The van der Waals surface area contributed by atoms with Crippen molar-refractivity contribution in [1.82, 2.24) is 0 Å². The molecule has 0 aliphatic heterocycles. The summed E-state index contributed by atoms with van der Waals surface area (Å²) in [7, 11) is 0. The van der Waals surface area contributed by atoms with Gasteiger partial charge in [0.05, 0.1) is 0 Å². The molecule has 0 rings (SSSR count). The predicted molar refractivity (Wildman–Crippen MR) is 186 cm³/mol. The van der Waals surface area contributed by atoms with E-state index in [4.69, 9.17) is 0 Å². The molecule has 18 atom stereocenters. The summed E-state index contributed by atoms with van der Waals surface area (Å²) in [6.07, 6.45) is 2.60. The van der Waals surface area contributed by atoms with Gasteiger partial charge in [0, 0.05) is 0 Å². The van der Waals surface area contributed by atoms with E-state index in [9.17, 15) is 0 Å². The van der Waals surface area contributed by atoms with E-state index in [1.54, 1.807) is 0 Å². The summed E-state index contributed by atoms with van der Waals surface area (Å²) in [5, 5.41) is 0. The zero-order valence-corrected chi connectivity index (χ0v) is 31.8. The van der Waals surface area contributed by atoms with E-state index in [1.165, 1.54) is 12.8 Å². The van der Waals surface area contributed by atoms with Crippen LogP contribution < -0.4 is 0 Å². The van der Waals surface area contributed by atoms with E-state index in [0.29, 0.717) is 0 Å². The fourth-order valence-electron chi connectivity index (χ4n) is 8.48. The molecule has 0 spiro atoms. The molecule has 0 aliphatic rings. The molecule has 0 aromatic heterocycles. The van der Waals surface area contributed by atoms with Crippen LogP contribution in [-0.4, -0.2) is 0 Å². The maximum atomic E-state index is 2.58. The molecular weight excluding hydrogens is 480 g/mol. The first kappa shape index (κ1) is 40.0. The Morgan fingerprint density at radius 3 is 0.400 bits per heavy atom. The minimum absolute atomic E-state index is 0.748. The molecule has 0 radical (unpaired) electrons. The molecule has 0 bridgehead atoms. The Morgan fingerprint density at radius 1 is 0.200 bits per heavy atom. The third-order valence-corrected chi connectivity index (χ3v) is 15.5. The van der Waals surface area contributed by atoms with Crippen LogP contribution >= 0.6 is 0 Å². The van der Waals surface area contributed by atoms with Crippen molar-refractivity contribution in [2.45, 2.75) is 151 Å². The maximum absolute atomic E-state index is 2.58. The molecule has 40 heavy (non-hydrogen) atoms. The Morgan fingerprint density at radius 2 is 0.300 bits per heavy atom. The van der Waals surface area contributed by atoms with Gasteiger partial charge in [0.1, 0.15) is 0 Å². The predicted octanol–water partition coefficient (Wildman–Crippen LogP) is 13.3. The molecule has 0 heterocycles. The van der Waals surface area contributed by atoms with E-state index in [1.807, 2.05) is 0 Å². The largest absolute Gasteiger partial charge is 0.0651 e. The third-order valence-electron chi connectivity index (χ3n) is 15.5. The van der Waals surface area contributed by atoms with Crippen molar-refractivity contribution in [3.8, 4) is 0 Å². The average Bonchev–Trinajstić information content (AvgIpc) is 2.97. The van der Waals surface area contributed by atoms with Crippen LogP contribution in [-0.2, 0) is 0 Å². The molecule has 18 unspecified atom stereocenters. The van der Waals surface area contributed by atoms with Gasteiger partial charge < -0.3 is 0 Å². The van der Waals surface area contributed by atoms with Gasteiger partial charge >= 0.3 is 0 Å². The molecule has 0 aromatic rings. The van der Waals surface area contributed by atoms with E-state index in [2.05, 4.69) is 138 Å². The molecule has 0 aromatic carbocycles. The van der Waals surface area contributed by atoms with Crippen LogP contribution in [0.1, 0.15) is 151 Å². The van der Waals surface area contributed by atoms with Crippen LogP contribution in [0.2, 0.25) is 0 Å². The molecule has 0 saturated heterocycles. The van der Waals surface area contributed by atoms with E-state index in [-0.39, 0.29) is 0 Å². The molecule has 0 fully saturated rings. The van der Waals surface area contributed by atoms with Gasteiger partial charge in [0.15, 0.2) is 0 Å². The lowest BCUT2D eigenvalue weighted by molar-refractivity contribution is 0.0496. The molecule has 0 saturated carbocycles. The van der Waals surface area contributed by atoms with Crippen molar-refractivity contribution in [2.24, 2.45) is 107 Å². The zero-order chi connectivity index (χ0) is 31.8. The van der Waals surface area contributed by atoms with Crippen LogP contribution in [0.3, 0.4) is 0 Å². The van der Waals surface area contributed by atoms with Crippen LogP contribution in [0.5, 0.6) is 0 Å². The topological polar surface area (TPSA) is 0 Å². The van der Waals surface area contributed by atoms with Crippen molar-refractivity contribution in [3.63, 3.8) is 0 Å². The molecular formula is C40H82. The average molecular weight is 563 g/mol. The van der Waals surface area contributed by atoms with Crippen molar-refractivity contribution < 1.29 is 0 Å². The Labute approximate surface area is 257 Å². The second-order valence-electron chi connectivity index (χ2n) is 16.5. The summed E-state index contributed by atoms with van der Waals surface area (Å²) in [6, 6.07) is 0. The van der Waals surface area contributed by atoms with Gasteiger partial charge in [0.25, 0.3) is 0 Å². The van der Waals surface area contributed by atoms with Crippen molar-refractivity contribution >= 4 is 0 Å². The molecule has 0 N–H and O–H groups in total. The normalized spacial score (nSPS) is 26.4. The van der Waals surface area contributed by atoms with Crippen molar-refractivity contribution in [2.75, 3.05) is 0 Å². The minimum Gasteiger partial charge on any atom is -0.0651 e. The lowest BCUT2D eigenvalue weighted by Gasteiger charge is -2.44. The quantitative estimate of drug-likeness (QED) is 0.147. The van der Waals surface area contributed by atoms with Crippen molar-refractivity contribution in [1.29, 1.82) is 0 Å². The SMILES string of the molecule is CCC(C)C(C)C(C)C(C)C(C)C(C)C(C)C(C)C(C)C(C)C(C)C(C)C(C)C(C)C(C)C(C)C(C)C(C)CC. The monoisotopic (exact) mass is 563 g/mol. The van der Waals surface area contributed by atoms with E-state index in [0.717, 1.165) is 107 Å². The molecule has 0 aliphatic carbocycles. The van der Waals surface area contributed by atoms with Crippen LogP contribution in [0.15, 0.2) is 0 Å². The summed E-state index contributed by atoms with van der Waals surface area (Å²) in [6.45, 7) is 50.5. The van der Waals surface area contributed by atoms with Gasteiger partial charge in [-0.15, -0.1) is 0 Å². The smallest absolute Gasteiger partial charge is 0.0386 e. The first-order valence-corrected chi connectivity index (χ1v) is 18.3. The van der Waals surface area contributed by atoms with Crippen LogP contribution in [0.25, 0.3) is 0 Å². The third kappa shape index (κ3) is 10.0. The van der Waals surface area contributed by atoms with E-state index >= 15 is 0 Å². The molecule has 242 valence electrons.